The molecular formula is C19H13Cl3N4O2. The van der Waals surface area contributed by atoms with Crippen LogP contribution in [0.3, 0.4) is 0 Å². The Labute approximate surface area is 175 Å². The van der Waals surface area contributed by atoms with Gasteiger partial charge in [0.15, 0.2) is 0 Å². The Balaban J connectivity index is 1.54. The molecule has 4 rings (SSSR count). The highest BCUT2D eigenvalue weighted by Gasteiger charge is 2.35. The summed E-state index contributed by atoms with van der Waals surface area (Å²) in [7, 11) is 0. The van der Waals surface area contributed by atoms with Gasteiger partial charge in [0.2, 0.25) is 5.91 Å². The van der Waals surface area contributed by atoms with Crippen molar-refractivity contribution in [2.45, 2.75) is 12.5 Å². The molecule has 28 heavy (non-hydrogen) atoms. The van der Waals surface area contributed by atoms with Gasteiger partial charge in [0.1, 0.15) is 11.9 Å². The standard InChI is InChI=1S/C19H13Cl3N4O2/c20-11-3-1-2-10(6-11)13-9-23-26-16(19(28)25-18(13)26)8-17(27)24-15-5-4-12(21)7-14(15)22/h1-7,9,16H,8H2,(H,24,27)(H,25,28). The van der Waals surface area contributed by atoms with Crippen molar-refractivity contribution in [2.24, 2.45) is 0 Å². The van der Waals surface area contributed by atoms with Gasteiger partial charge in [-0.15, -0.1) is 0 Å². The largest absolute Gasteiger partial charge is 0.325 e. The topological polar surface area (TPSA) is 76.0 Å². The van der Waals surface area contributed by atoms with E-state index in [1.165, 1.54) is 10.7 Å². The molecule has 9 heteroatoms. The average Bonchev–Trinajstić information content (AvgIpc) is 3.17. The molecule has 2 N–H and O–H groups in total. The van der Waals surface area contributed by atoms with Gasteiger partial charge in [0.05, 0.1) is 23.3 Å². The summed E-state index contributed by atoms with van der Waals surface area (Å²) in [6, 6.07) is 11.2. The first-order chi connectivity index (χ1) is 13.4. The van der Waals surface area contributed by atoms with Crippen molar-refractivity contribution >= 4 is 58.1 Å². The fourth-order valence-electron chi connectivity index (χ4n) is 3.05. The highest BCUT2D eigenvalue weighted by molar-refractivity contribution is 6.36. The molecule has 0 saturated carbocycles. The molecule has 0 aliphatic carbocycles. The smallest absolute Gasteiger partial charge is 0.251 e. The van der Waals surface area contributed by atoms with E-state index in [0.29, 0.717) is 26.6 Å². The van der Waals surface area contributed by atoms with Gasteiger partial charge >= 0.3 is 0 Å². The number of carbonyl (C=O) groups is 2. The molecule has 2 heterocycles. The number of hydrogen-bond acceptors (Lipinski definition) is 3. The lowest BCUT2D eigenvalue weighted by atomic mass is 10.1. The Hall–Kier alpha value is -2.54. The predicted molar refractivity (Wildman–Crippen MR) is 110 cm³/mol. The quantitative estimate of drug-likeness (QED) is 0.603. The van der Waals surface area contributed by atoms with E-state index < -0.39 is 6.04 Å². The summed E-state index contributed by atoms with van der Waals surface area (Å²) < 4.78 is 1.52. The normalized spacial score (nSPS) is 15.2. The molecule has 0 saturated heterocycles. The lowest BCUT2D eigenvalue weighted by Gasteiger charge is -2.11. The second-order valence-electron chi connectivity index (χ2n) is 6.24. The van der Waals surface area contributed by atoms with E-state index >= 15 is 0 Å². The summed E-state index contributed by atoms with van der Waals surface area (Å²) in [6.45, 7) is 0. The van der Waals surface area contributed by atoms with E-state index in [0.717, 1.165) is 11.1 Å². The van der Waals surface area contributed by atoms with Crippen LogP contribution in [-0.4, -0.2) is 21.6 Å². The molecule has 0 bridgehead atoms. The number of halogens is 3. The average molecular weight is 436 g/mol. The fraction of sp³-hybridized carbons (Fsp3) is 0.105. The van der Waals surface area contributed by atoms with Crippen LogP contribution in [0.25, 0.3) is 11.1 Å². The lowest BCUT2D eigenvalue weighted by molar-refractivity contribution is -0.123. The van der Waals surface area contributed by atoms with Crippen molar-refractivity contribution in [3.8, 4) is 11.1 Å². The molecule has 3 aromatic rings. The van der Waals surface area contributed by atoms with E-state index in [1.54, 1.807) is 30.5 Å². The van der Waals surface area contributed by atoms with Crippen molar-refractivity contribution in [3.63, 3.8) is 0 Å². The third-order valence-electron chi connectivity index (χ3n) is 4.35. The Morgan fingerprint density at radius 3 is 2.68 bits per heavy atom. The van der Waals surface area contributed by atoms with E-state index in [4.69, 9.17) is 34.8 Å². The van der Waals surface area contributed by atoms with Gasteiger partial charge < -0.3 is 10.6 Å². The second kappa shape index (κ2) is 7.47. The number of aromatic nitrogens is 2. The van der Waals surface area contributed by atoms with Crippen LogP contribution in [0.5, 0.6) is 0 Å². The third-order valence-corrected chi connectivity index (χ3v) is 5.14. The molecule has 2 amide bonds. The monoisotopic (exact) mass is 434 g/mol. The maximum Gasteiger partial charge on any atom is 0.251 e. The van der Waals surface area contributed by atoms with Gasteiger partial charge in [0.25, 0.3) is 5.91 Å². The molecule has 1 aromatic heterocycles. The predicted octanol–water partition coefficient (Wildman–Crippen LogP) is 5.03. The van der Waals surface area contributed by atoms with Crippen LogP contribution in [0.1, 0.15) is 12.5 Å². The SMILES string of the molecule is O=C(CC1C(=O)Nc2c(-c3cccc(Cl)c3)cnn21)Nc1ccc(Cl)cc1Cl. The summed E-state index contributed by atoms with van der Waals surface area (Å²) in [5, 5.41) is 11.1. The van der Waals surface area contributed by atoms with Gasteiger partial charge in [-0.05, 0) is 35.9 Å². The Bertz CT molecular complexity index is 1100. The molecule has 0 spiro atoms. The number of nitrogens with zero attached hydrogens (tertiary/aromatic N) is 2. The number of hydrogen-bond donors (Lipinski definition) is 2. The summed E-state index contributed by atoms with van der Waals surface area (Å²) >= 11 is 18.0. The van der Waals surface area contributed by atoms with Crippen molar-refractivity contribution in [1.82, 2.24) is 9.78 Å². The van der Waals surface area contributed by atoms with E-state index in [1.807, 2.05) is 12.1 Å². The molecule has 1 aliphatic heterocycles. The molecule has 1 unspecified atom stereocenters. The number of benzene rings is 2. The zero-order valence-corrected chi connectivity index (χ0v) is 16.5. The van der Waals surface area contributed by atoms with Gasteiger partial charge in [-0.3, -0.25) is 9.59 Å². The number of anilines is 2. The molecule has 142 valence electrons. The van der Waals surface area contributed by atoms with Gasteiger partial charge in [-0.2, -0.15) is 5.10 Å². The van der Waals surface area contributed by atoms with Gasteiger partial charge in [-0.1, -0.05) is 46.9 Å². The molecular weight excluding hydrogens is 423 g/mol. The maximum absolute atomic E-state index is 12.4. The van der Waals surface area contributed by atoms with Crippen molar-refractivity contribution in [3.05, 3.63) is 63.7 Å². The van der Waals surface area contributed by atoms with Crippen LogP contribution in [0.15, 0.2) is 48.7 Å². The molecule has 2 aromatic carbocycles. The first-order valence-corrected chi connectivity index (χ1v) is 9.45. The molecule has 1 atom stereocenters. The minimum atomic E-state index is -0.756. The van der Waals surface area contributed by atoms with E-state index in [2.05, 4.69) is 15.7 Å². The fourth-order valence-corrected chi connectivity index (χ4v) is 3.69. The highest BCUT2D eigenvalue weighted by Crippen LogP contribution is 2.36. The van der Waals surface area contributed by atoms with E-state index in [-0.39, 0.29) is 18.2 Å². The van der Waals surface area contributed by atoms with Crippen LogP contribution in [-0.2, 0) is 9.59 Å². The maximum atomic E-state index is 12.4. The zero-order valence-electron chi connectivity index (χ0n) is 14.2. The van der Waals surface area contributed by atoms with Gasteiger partial charge in [0, 0.05) is 15.6 Å². The number of rotatable bonds is 4. The number of carbonyl (C=O) groups excluding carboxylic acids is 2. The van der Waals surface area contributed by atoms with Crippen molar-refractivity contribution in [1.29, 1.82) is 0 Å². The molecule has 0 radical (unpaired) electrons. The number of fused-ring (bicyclic) bond motifs is 1. The van der Waals surface area contributed by atoms with Crippen molar-refractivity contribution < 1.29 is 9.59 Å². The molecule has 1 aliphatic rings. The Morgan fingerprint density at radius 2 is 1.93 bits per heavy atom. The first-order valence-electron chi connectivity index (χ1n) is 8.31. The molecule has 0 fully saturated rings. The van der Waals surface area contributed by atoms with Crippen molar-refractivity contribution in [2.75, 3.05) is 10.6 Å². The number of nitrogens with one attached hydrogen (secondary N) is 2. The van der Waals surface area contributed by atoms with Crippen LogP contribution in [0.4, 0.5) is 11.5 Å². The summed E-state index contributed by atoms with van der Waals surface area (Å²) in [5.41, 5.74) is 1.99. The van der Waals surface area contributed by atoms with Crippen LogP contribution >= 0.6 is 34.8 Å². The van der Waals surface area contributed by atoms with E-state index in [9.17, 15) is 9.59 Å². The third kappa shape index (κ3) is 3.58. The van der Waals surface area contributed by atoms with Crippen LogP contribution < -0.4 is 10.6 Å². The van der Waals surface area contributed by atoms with Crippen LogP contribution in [0, 0.1) is 0 Å². The first kappa shape index (κ1) is 18.8. The molecule has 6 nitrogen and oxygen atoms in total. The summed E-state index contributed by atoms with van der Waals surface area (Å²) in [4.78, 5) is 24.9. The summed E-state index contributed by atoms with van der Waals surface area (Å²) in [6.07, 6.45) is 1.55. The summed E-state index contributed by atoms with van der Waals surface area (Å²) in [5.74, 6) is -0.129. The lowest BCUT2D eigenvalue weighted by Crippen LogP contribution is -2.23. The Morgan fingerprint density at radius 1 is 1.14 bits per heavy atom. The highest BCUT2D eigenvalue weighted by atomic mass is 35.5. The van der Waals surface area contributed by atoms with Gasteiger partial charge in [-0.25, -0.2) is 4.68 Å². The van der Waals surface area contributed by atoms with Crippen LogP contribution in [0.2, 0.25) is 15.1 Å². The minimum absolute atomic E-state index is 0.0888. The second-order valence-corrected chi connectivity index (χ2v) is 7.52. The zero-order chi connectivity index (χ0) is 19.8. The number of amides is 2. The Kier molecular flexibility index (Phi) is 5.02. The minimum Gasteiger partial charge on any atom is -0.325 e.